The summed E-state index contributed by atoms with van der Waals surface area (Å²) < 4.78 is 63.5. The molecule has 98 valence electrons. The van der Waals surface area contributed by atoms with Gasteiger partial charge in [0.05, 0.1) is 29.6 Å². The molecule has 0 bridgehead atoms. The van der Waals surface area contributed by atoms with Crippen LogP contribution in [0.4, 0.5) is 22.0 Å². The Bertz CT molecular complexity index is 478. The molecule has 1 rings (SSSR count). The van der Waals surface area contributed by atoms with E-state index in [9.17, 15) is 22.0 Å². The van der Waals surface area contributed by atoms with Gasteiger partial charge in [-0.1, -0.05) is 0 Å². The third kappa shape index (κ3) is 2.88. The topological polar surface area (TPSA) is 36.7 Å². The molecular formula is C10H6ClF5N2. The van der Waals surface area contributed by atoms with Crippen LogP contribution >= 0.6 is 11.6 Å². The zero-order valence-electron chi connectivity index (χ0n) is 8.73. The first-order valence-corrected chi connectivity index (χ1v) is 5.15. The van der Waals surface area contributed by atoms with Gasteiger partial charge in [-0.05, 0) is 5.56 Å². The van der Waals surface area contributed by atoms with Crippen molar-refractivity contribution >= 4 is 11.6 Å². The zero-order valence-corrected chi connectivity index (χ0v) is 9.49. The molecular weight excluding hydrogens is 279 g/mol. The summed E-state index contributed by atoms with van der Waals surface area (Å²) in [6.45, 7) is 0. The predicted octanol–water partition coefficient (Wildman–Crippen LogP) is 3.84. The van der Waals surface area contributed by atoms with E-state index in [1.165, 1.54) is 6.07 Å². The second-order valence-electron chi connectivity index (χ2n) is 3.28. The smallest absolute Gasteiger partial charge is 0.259 e. The Morgan fingerprint density at radius 2 is 2.00 bits per heavy atom. The first-order valence-electron chi connectivity index (χ1n) is 4.61. The molecule has 18 heavy (non-hydrogen) atoms. The van der Waals surface area contributed by atoms with E-state index in [2.05, 4.69) is 4.98 Å². The van der Waals surface area contributed by atoms with E-state index in [4.69, 9.17) is 16.9 Å². The molecule has 8 heteroatoms. The summed E-state index contributed by atoms with van der Waals surface area (Å²) in [7, 11) is 0. The van der Waals surface area contributed by atoms with Crippen molar-refractivity contribution in [2.45, 2.75) is 24.9 Å². The molecule has 0 atom stereocenters. The number of hydrogen-bond donors (Lipinski definition) is 0. The molecule has 0 aliphatic rings. The van der Waals surface area contributed by atoms with Gasteiger partial charge in [0.15, 0.2) is 0 Å². The molecule has 0 spiro atoms. The fraction of sp³-hybridized carbons (Fsp3) is 0.400. The van der Waals surface area contributed by atoms with Crippen LogP contribution in [-0.4, -0.2) is 4.98 Å². The Morgan fingerprint density at radius 1 is 1.39 bits per heavy atom. The standard InChI is InChI=1S/C10H6ClF5N2/c11-3-7-8(9(12)13)5(1-2-17)6(4-18-7)10(14,15)16/h4,9H,1,3H2. The van der Waals surface area contributed by atoms with E-state index in [0.29, 0.717) is 6.20 Å². The summed E-state index contributed by atoms with van der Waals surface area (Å²) in [6.07, 6.45) is -8.36. The van der Waals surface area contributed by atoms with Crippen LogP contribution in [-0.2, 0) is 18.5 Å². The highest BCUT2D eigenvalue weighted by Crippen LogP contribution is 2.37. The Balaban J connectivity index is 3.58. The number of rotatable bonds is 3. The molecule has 0 fully saturated rings. The van der Waals surface area contributed by atoms with Crippen LogP contribution in [0, 0.1) is 11.3 Å². The summed E-state index contributed by atoms with van der Waals surface area (Å²) in [4.78, 5) is 3.29. The van der Waals surface area contributed by atoms with Gasteiger partial charge in [0.2, 0.25) is 0 Å². The summed E-state index contributed by atoms with van der Waals surface area (Å²) in [5, 5.41) is 8.46. The van der Waals surface area contributed by atoms with Crippen molar-refractivity contribution in [3.63, 3.8) is 0 Å². The van der Waals surface area contributed by atoms with Gasteiger partial charge in [-0.3, -0.25) is 4.98 Å². The van der Waals surface area contributed by atoms with Crippen molar-refractivity contribution in [2.75, 3.05) is 0 Å². The van der Waals surface area contributed by atoms with E-state index in [1.807, 2.05) is 0 Å². The van der Waals surface area contributed by atoms with Crippen molar-refractivity contribution in [1.29, 1.82) is 5.26 Å². The summed E-state index contributed by atoms with van der Waals surface area (Å²) in [5.41, 5.74) is -3.33. The minimum atomic E-state index is -4.84. The number of hydrogen-bond acceptors (Lipinski definition) is 2. The molecule has 2 nitrogen and oxygen atoms in total. The molecule has 1 aromatic rings. The molecule has 0 aromatic carbocycles. The molecule has 0 radical (unpaired) electrons. The fourth-order valence-electron chi connectivity index (χ4n) is 1.49. The largest absolute Gasteiger partial charge is 0.418 e. The molecule has 0 amide bonds. The van der Waals surface area contributed by atoms with Gasteiger partial charge in [0, 0.05) is 11.8 Å². The third-order valence-corrected chi connectivity index (χ3v) is 2.47. The highest BCUT2D eigenvalue weighted by atomic mass is 35.5. The monoisotopic (exact) mass is 284 g/mol. The number of nitriles is 1. The van der Waals surface area contributed by atoms with Crippen molar-refractivity contribution in [2.24, 2.45) is 0 Å². The van der Waals surface area contributed by atoms with Crippen LogP contribution in [0.25, 0.3) is 0 Å². The summed E-state index contributed by atoms with van der Waals surface area (Å²) >= 11 is 5.35. The third-order valence-electron chi connectivity index (χ3n) is 2.22. The second-order valence-corrected chi connectivity index (χ2v) is 3.55. The maximum atomic E-state index is 12.8. The van der Waals surface area contributed by atoms with Crippen molar-refractivity contribution in [1.82, 2.24) is 4.98 Å². The predicted molar refractivity (Wildman–Crippen MR) is 53.1 cm³/mol. The lowest BCUT2D eigenvalue weighted by atomic mass is 9.99. The summed E-state index contributed by atoms with van der Waals surface area (Å²) in [5.74, 6) is -0.448. The summed E-state index contributed by atoms with van der Waals surface area (Å²) in [6, 6.07) is 1.44. The van der Waals surface area contributed by atoms with Crippen LogP contribution in [0.15, 0.2) is 6.20 Å². The van der Waals surface area contributed by atoms with Gasteiger partial charge >= 0.3 is 6.18 Å². The van der Waals surface area contributed by atoms with Gasteiger partial charge in [-0.25, -0.2) is 8.78 Å². The fourth-order valence-corrected chi connectivity index (χ4v) is 1.70. The lowest BCUT2D eigenvalue weighted by molar-refractivity contribution is -0.138. The zero-order chi connectivity index (χ0) is 13.9. The number of pyridine rings is 1. The van der Waals surface area contributed by atoms with Crippen LogP contribution in [0.2, 0.25) is 0 Å². The van der Waals surface area contributed by atoms with Crippen molar-refractivity contribution in [3.05, 3.63) is 28.6 Å². The van der Waals surface area contributed by atoms with Gasteiger partial charge in [0.1, 0.15) is 0 Å². The molecule has 1 aromatic heterocycles. The van der Waals surface area contributed by atoms with E-state index in [-0.39, 0.29) is 5.69 Å². The average molecular weight is 285 g/mol. The molecule has 0 unspecified atom stereocenters. The Morgan fingerprint density at radius 3 is 2.39 bits per heavy atom. The van der Waals surface area contributed by atoms with Gasteiger partial charge in [-0.2, -0.15) is 18.4 Å². The molecule has 0 N–H and O–H groups in total. The van der Waals surface area contributed by atoms with Gasteiger partial charge < -0.3 is 0 Å². The Hall–Kier alpha value is -1.42. The van der Waals surface area contributed by atoms with Crippen LogP contribution in [0.3, 0.4) is 0 Å². The molecule has 0 aliphatic heterocycles. The Kier molecular flexibility index (Phi) is 4.46. The van der Waals surface area contributed by atoms with E-state index in [0.717, 1.165) is 0 Å². The van der Waals surface area contributed by atoms with Crippen molar-refractivity contribution in [3.8, 4) is 6.07 Å². The van der Waals surface area contributed by atoms with E-state index in [1.54, 1.807) is 0 Å². The number of alkyl halides is 6. The minimum Gasteiger partial charge on any atom is -0.259 e. The first kappa shape index (κ1) is 14.6. The quantitative estimate of drug-likeness (QED) is 0.624. The second kappa shape index (κ2) is 5.48. The molecule has 1 heterocycles. The number of nitrogens with zero attached hydrogens (tertiary/aromatic N) is 2. The van der Waals surface area contributed by atoms with E-state index < -0.39 is 41.6 Å². The van der Waals surface area contributed by atoms with Gasteiger partial charge in [-0.15, -0.1) is 11.6 Å². The molecule has 0 saturated heterocycles. The van der Waals surface area contributed by atoms with Crippen LogP contribution < -0.4 is 0 Å². The number of aromatic nitrogens is 1. The van der Waals surface area contributed by atoms with Crippen LogP contribution in [0.1, 0.15) is 28.8 Å². The molecule has 0 aliphatic carbocycles. The normalized spacial score (nSPS) is 11.7. The maximum Gasteiger partial charge on any atom is 0.418 e. The lowest BCUT2D eigenvalue weighted by Gasteiger charge is -2.16. The SMILES string of the molecule is N#CCc1c(C(F)(F)F)cnc(CCl)c1C(F)F. The van der Waals surface area contributed by atoms with E-state index >= 15 is 0 Å². The molecule has 0 saturated carbocycles. The van der Waals surface area contributed by atoms with Crippen molar-refractivity contribution < 1.29 is 22.0 Å². The highest BCUT2D eigenvalue weighted by molar-refractivity contribution is 6.17. The maximum absolute atomic E-state index is 12.8. The average Bonchev–Trinajstić information content (AvgIpc) is 2.26. The first-order chi connectivity index (χ1) is 8.32. The van der Waals surface area contributed by atoms with Gasteiger partial charge in [0.25, 0.3) is 6.43 Å². The minimum absolute atomic E-state index is 0.343. The van der Waals surface area contributed by atoms with Crippen LogP contribution in [0.5, 0.6) is 0 Å². The number of halogens is 6. The highest BCUT2D eigenvalue weighted by Gasteiger charge is 2.36. The Labute approximate surface area is 104 Å². The lowest BCUT2D eigenvalue weighted by Crippen LogP contribution is -2.14.